The highest BCUT2D eigenvalue weighted by Crippen LogP contribution is 2.28. The second kappa shape index (κ2) is 7.25. The number of hydrogen-bond donors (Lipinski definition) is 1. The predicted molar refractivity (Wildman–Crippen MR) is 87.6 cm³/mol. The molecule has 0 aliphatic carbocycles. The van der Waals surface area contributed by atoms with Crippen LogP contribution in [0.1, 0.15) is 25.3 Å². The van der Waals surface area contributed by atoms with Crippen molar-refractivity contribution in [1.29, 1.82) is 0 Å². The Balaban J connectivity index is 2.04. The first kappa shape index (κ1) is 16.3. The third kappa shape index (κ3) is 3.76. The smallest absolute Gasteiger partial charge is 0.119 e. The van der Waals surface area contributed by atoms with Crippen LogP contribution >= 0.6 is 0 Å². The number of methoxy groups -OCH3 is 1. The second-order valence-electron chi connectivity index (χ2n) is 6.07. The van der Waals surface area contributed by atoms with Crippen molar-refractivity contribution < 1.29 is 4.74 Å². The molecule has 21 heavy (non-hydrogen) atoms. The molecule has 1 aliphatic rings. The predicted octanol–water partition coefficient (Wildman–Crippen LogP) is 1.94. The first-order valence-electron chi connectivity index (χ1n) is 7.90. The van der Waals surface area contributed by atoms with Crippen LogP contribution in [0.15, 0.2) is 24.3 Å². The summed E-state index contributed by atoms with van der Waals surface area (Å²) < 4.78 is 5.31. The van der Waals surface area contributed by atoms with E-state index in [1.807, 2.05) is 6.07 Å². The summed E-state index contributed by atoms with van der Waals surface area (Å²) >= 11 is 0. The molecule has 118 valence electrons. The van der Waals surface area contributed by atoms with Gasteiger partial charge in [-0.15, -0.1) is 0 Å². The molecule has 0 radical (unpaired) electrons. The number of likely N-dealkylation sites (tertiary alicyclic amines) is 1. The Kier molecular flexibility index (Phi) is 5.62. The molecule has 4 nitrogen and oxygen atoms in total. The molecular weight excluding hydrogens is 262 g/mol. The van der Waals surface area contributed by atoms with Crippen LogP contribution in [0.2, 0.25) is 0 Å². The van der Waals surface area contributed by atoms with Crippen molar-refractivity contribution >= 4 is 0 Å². The van der Waals surface area contributed by atoms with E-state index < -0.39 is 0 Å². The van der Waals surface area contributed by atoms with Crippen LogP contribution < -0.4 is 10.5 Å². The topological polar surface area (TPSA) is 41.7 Å². The van der Waals surface area contributed by atoms with E-state index in [1.165, 1.54) is 5.56 Å². The molecule has 0 saturated carbocycles. The van der Waals surface area contributed by atoms with E-state index in [-0.39, 0.29) is 5.54 Å². The molecule has 1 aromatic carbocycles. The maximum Gasteiger partial charge on any atom is 0.119 e. The van der Waals surface area contributed by atoms with E-state index in [1.54, 1.807) is 7.11 Å². The van der Waals surface area contributed by atoms with Crippen LogP contribution in [0.5, 0.6) is 5.75 Å². The van der Waals surface area contributed by atoms with E-state index in [0.717, 1.165) is 51.3 Å². The average molecular weight is 291 g/mol. The fraction of sp³-hybridized carbons (Fsp3) is 0.647. The van der Waals surface area contributed by atoms with Crippen LogP contribution in [0.4, 0.5) is 0 Å². The minimum absolute atomic E-state index is 0.134. The van der Waals surface area contributed by atoms with E-state index in [4.69, 9.17) is 10.5 Å². The molecule has 0 unspecified atom stereocenters. The molecule has 2 N–H and O–H groups in total. The number of ether oxygens (including phenoxy) is 1. The van der Waals surface area contributed by atoms with Crippen molar-refractivity contribution in [2.24, 2.45) is 5.73 Å². The maximum atomic E-state index is 6.15. The van der Waals surface area contributed by atoms with Gasteiger partial charge in [-0.05, 0) is 57.2 Å². The first-order chi connectivity index (χ1) is 10.1. The lowest BCUT2D eigenvalue weighted by atomic mass is 9.85. The zero-order valence-electron chi connectivity index (χ0n) is 13.6. The second-order valence-corrected chi connectivity index (χ2v) is 6.07. The summed E-state index contributed by atoms with van der Waals surface area (Å²) in [6.45, 7) is 7.31. The minimum Gasteiger partial charge on any atom is -0.497 e. The zero-order valence-corrected chi connectivity index (χ0v) is 13.6. The highest BCUT2D eigenvalue weighted by molar-refractivity contribution is 5.28. The highest BCUT2D eigenvalue weighted by atomic mass is 16.5. The fourth-order valence-corrected chi connectivity index (χ4v) is 3.24. The Morgan fingerprint density at radius 3 is 2.62 bits per heavy atom. The van der Waals surface area contributed by atoms with Crippen molar-refractivity contribution in [1.82, 2.24) is 9.80 Å². The number of nitrogens with zero attached hydrogens (tertiary/aromatic N) is 2. The van der Waals surface area contributed by atoms with Gasteiger partial charge >= 0.3 is 0 Å². The molecule has 1 heterocycles. The summed E-state index contributed by atoms with van der Waals surface area (Å²) in [6.07, 6.45) is 2.30. The molecule has 0 spiro atoms. The van der Waals surface area contributed by atoms with Crippen LogP contribution in [0.3, 0.4) is 0 Å². The lowest BCUT2D eigenvalue weighted by molar-refractivity contribution is 0.0418. The normalized spacial score (nSPS) is 18.9. The Bertz CT molecular complexity index is 441. The largest absolute Gasteiger partial charge is 0.497 e. The van der Waals surface area contributed by atoms with Crippen molar-refractivity contribution in [3.8, 4) is 5.75 Å². The van der Waals surface area contributed by atoms with Crippen LogP contribution in [0.25, 0.3) is 0 Å². The van der Waals surface area contributed by atoms with Gasteiger partial charge in [0.05, 0.1) is 7.11 Å². The zero-order chi connectivity index (χ0) is 15.3. The molecule has 0 atom stereocenters. The molecular formula is C17H29N3O. The molecule has 0 amide bonds. The number of rotatable bonds is 6. The van der Waals surface area contributed by atoms with Gasteiger partial charge in [-0.25, -0.2) is 0 Å². The first-order valence-corrected chi connectivity index (χ1v) is 7.90. The Morgan fingerprint density at radius 1 is 1.33 bits per heavy atom. The van der Waals surface area contributed by atoms with E-state index >= 15 is 0 Å². The summed E-state index contributed by atoms with van der Waals surface area (Å²) in [6, 6.07) is 8.31. The van der Waals surface area contributed by atoms with Gasteiger partial charge in [-0.1, -0.05) is 19.1 Å². The standard InChI is InChI=1S/C17H29N3O/c1-4-20-10-8-17(14-18,9-11-20)19(2)13-15-6-5-7-16(12-15)21-3/h5-7,12H,4,8-11,13-14,18H2,1-3H3. The minimum atomic E-state index is 0.134. The fourth-order valence-electron chi connectivity index (χ4n) is 3.24. The molecule has 1 aliphatic heterocycles. The molecule has 2 rings (SSSR count). The Morgan fingerprint density at radius 2 is 2.05 bits per heavy atom. The van der Waals surface area contributed by atoms with Crippen molar-refractivity contribution in [2.75, 3.05) is 40.3 Å². The van der Waals surface area contributed by atoms with Gasteiger partial charge < -0.3 is 15.4 Å². The lowest BCUT2D eigenvalue weighted by Gasteiger charge is -2.47. The molecule has 1 saturated heterocycles. The van der Waals surface area contributed by atoms with Gasteiger partial charge in [-0.3, -0.25) is 4.90 Å². The lowest BCUT2D eigenvalue weighted by Crippen LogP contribution is -2.57. The summed E-state index contributed by atoms with van der Waals surface area (Å²) in [4.78, 5) is 4.95. The molecule has 0 bridgehead atoms. The van der Waals surface area contributed by atoms with Crippen molar-refractivity contribution in [3.05, 3.63) is 29.8 Å². The Hall–Kier alpha value is -1.10. The summed E-state index contributed by atoms with van der Waals surface area (Å²) in [5.41, 5.74) is 7.56. The molecule has 0 aromatic heterocycles. The van der Waals surface area contributed by atoms with E-state index in [2.05, 4.69) is 42.0 Å². The van der Waals surface area contributed by atoms with Crippen LogP contribution in [-0.4, -0.2) is 55.7 Å². The van der Waals surface area contributed by atoms with Gasteiger partial charge in [0.15, 0.2) is 0 Å². The molecule has 1 fully saturated rings. The number of nitrogens with two attached hydrogens (primary N) is 1. The highest BCUT2D eigenvalue weighted by Gasteiger charge is 2.36. The number of hydrogen-bond acceptors (Lipinski definition) is 4. The molecule has 1 aromatic rings. The molecule has 4 heteroatoms. The summed E-state index contributed by atoms with van der Waals surface area (Å²) in [7, 11) is 3.92. The average Bonchev–Trinajstić information content (AvgIpc) is 2.55. The quantitative estimate of drug-likeness (QED) is 0.870. The monoisotopic (exact) mass is 291 g/mol. The van der Waals surface area contributed by atoms with Crippen LogP contribution in [0, 0.1) is 0 Å². The van der Waals surface area contributed by atoms with Gasteiger partial charge in [0.25, 0.3) is 0 Å². The van der Waals surface area contributed by atoms with Gasteiger partial charge in [0, 0.05) is 18.6 Å². The van der Waals surface area contributed by atoms with Gasteiger partial charge in [0.1, 0.15) is 5.75 Å². The van der Waals surface area contributed by atoms with Gasteiger partial charge in [-0.2, -0.15) is 0 Å². The third-order valence-electron chi connectivity index (χ3n) is 4.98. The number of piperidine rings is 1. The summed E-state index contributed by atoms with van der Waals surface area (Å²) in [5, 5.41) is 0. The Labute approximate surface area is 128 Å². The van der Waals surface area contributed by atoms with Crippen molar-refractivity contribution in [3.63, 3.8) is 0 Å². The van der Waals surface area contributed by atoms with Gasteiger partial charge in [0.2, 0.25) is 0 Å². The third-order valence-corrected chi connectivity index (χ3v) is 4.98. The number of likely N-dealkylation sites (N-methyl/N-ethyl adjacent to an activating group) is 1. The summed E-state index contributed by atoms with van der Waals surface area (Å²) in [5.74, 6) is 0.920. The van der Waals surface area contributed by atoms with Crippen LogP contribution in [-0.2, 0) is 6.54 Å². The number of benzene rings is 1. The van der Waals surface area contributed by atoms with E-state index in [9.17, 15) is 0 Å². The van der Waals surface area contributed by atoms with E-state index in [0.29, 0.717) is 0 Å². The van der Waals surface area contributed by atoms with Crippen molar-refractivity contribution in [2.45, 2.75) is 31.8 Å². The maximum absolute atomic E-state index is 6.15. The SMILES string of the molecule is CCN1CCC(CN)(N(C)Cc2cccc(OC)c2)CC1.